The summed E-state index contributed by atoms with van der Waals surface area (Å²) < 4.78 is 5.59. The first-order chi connectivity index (χ1) is 12.2. The molecule has 3 rings (SSSR count). The van der Waals surface area contributed by atoms with Crippen LogP contribution in [0.4, 0.5) is 5.69 Å². The zero-order valence-electron chi connectivity index (χ0n) is 13.8. The van der Waals surface area contributed by atoms with E-state index in [4.69, 9.17) is 17.0 Å². The Hall–Kier alpha value is -2.92. The number of methoxy groups -OCH3 is 1. The fourth-order valence-electron chi connectivity index (χ4n) is 2.48. The van der Waals surface area contributed by atoms with E-state index in [-0.39, 0.29) is 5.91 Å². The van der Waals surface area contributed by atoms with E-state index in [1.165, 1.54) is 11.1 Å². The van der Waals surface area contributed by atoms with E-state index < -0.39 is 0 Å². The third-order valence-corrected chi connectivity index (χ3v) is 4.18. The molecule has 1 aromatic heterocycles. The van der Waals surface area contributed by atoms with Gasteiger partial charge in [-0.3, -0.25) is 4.79 Å². The molecular weight excluding hydrogens is 332 g/mol. The number of carbonyl (C=O) groups excluding carboxylic acids is 1. The molecule has 0 radical (unpaired) electrons. The number of hydrogen-bond acceptors (Lipinski definition) is 3. The zero-order chi connectivity index (χ0) is 17.6. The second kappa shape index (κ2) is 7.77. The van der Waals surface area contributed by atoms with Gasteiger partial charge < -0.3 is 15.0 Å². The molecule has 126 valence electrons. The molecule has 2 aromatic carbocycles. The fraction of sp³-hybridized carbons (Fsp3) is 0.100. The number of aromatic nitrogens is 1. The molecule has 0 bridgehead atoms. The summed E-state index contributed by atoms with van der Waals surface area (Å²) >= 11 is 5.13. The molecule has 3 aromatic rings. The van der Waals surface area contributed by atoms with E-state index in [9.17, 15) is 4.79 Å². The lowest BCUT2D eigenvalue weighted by molar-refractivity contribution is 0.102. The average molecular weight is 350 g/mol. The Morgan fingerprint density at radius 1 is 1.04 bits per heavy atom. The first-order valence-electron chi connectivity index (χ1n) is 7.86. The molecule has 0 aliphatic carbocycles. The third-order valence-electron chi connectivity index (χ3n) is 3.84. The number of nitrogens with one attached hydrogen (secondary N) is 2. The van der Waals surface area contributed by atoms with Gasteiger partial charge in [-0.15, -0.1) is 0 Å². The molecule has 2 N–H and O–H groups in total. The highest BCUT2D eigenvalue weighted by atomic mass is 32.1. The maximum atomic E-state index is 12.3. The van der Waals surface area contributed by atoms with Crippen molar-refractivity contribution in [2.75, 3.05) is 12.4 Å². The zero-order valence-corrected chi connectivity index (χ0v) is 14.6. The van der Waals surface area contributed by atoms with Gasteiger partial charge in [0.2, 0.25) is 0 Å². The van der Waals surface area contributed by atoms with Crippen LogP contribution in [0.25, 0.3) is 0 Å². The number of anilines is 1. The van der Waals surface area contributed by atoms with Crippen molar-refractivity contribution in [2.45, 2.75) is 6.42 Å². The molecular formula is C20H18N2O2S. The van der Waals surface area contributed by atoms with Crippen LogP contribution in [0.15, 0.2) is 66.9 Å². The predicted molar refractivity (Wildman–Crippen MR) is 102 cm³/mol. The Morgan fingerprint density at radius 2 is 1.68 bits per heavy atom. The van der Waals surface area contributed by atoms with Gasteiger partial charge in [-0.1, -0.05) is 36.5 Å². The second-order valence-electron chi connectivity index (χ2n) is 5.59. The number of H-pyrrole nitrogens is 1. The van der Waals surface area contributed by atoms with Gasteiger partial charge in [0.25, 0.3) is 5.91 Å². The second-order valence-corrected chi connectivity index (χ2v) is 6.00. The van der Waals surface area contributed by atoms with Crippen molar-refractivity contribution in [3.8, 4) is 5.75 Å². The van der Waals surface area contributed by atoms with Crippen LogP contribution in [0.1, 0.15) is 21.5 Å². The number of amides is 1. The minimum absolute atomic E-state index is 0.218. The van der Waals surface area contributed by atoms with E-state index in [0.29, 0.717) is 10.2 Å². The molecule has 0 atom stereocenters. The van der Waals surface area contributed by atoms with Crippen molar-refractivity contribution in [1.29, 1.82) is 0 Å². The topological polar surface area (TPSA) is 54.1 Å². The summed E-state index contributed by atoms with van der Waals surface area (Å²) in [5, 5.41) is 2.86. The van der Waals surface area contributed by atoms with Gasteiger partial charge >= 0.3 is 0 Å². The van der Waals surface area contributed by atoms with Gasteiger partial charge in [-0.2, -0.15) is 0 Å². The Balaban J connectivity index is 1.66. The molecule has 1 amide bonds. The number of carbonyl (C=O) groups is 1. The molecule has 0 aliphatic rings. The lowest BCUT2D eigenvalue weighted by atomic mass is 10.0. The molecule has 1 heterocycles. The summed E-state index contributed by atoms with van der Waals surface area (Å²) in [6.07, 6.45) is 2.52. The van der Waals surface area contributed by atoms with Crippen LogP contribution in [0.3, 0.4) is 0 Å². The largest absolute Gasteiger partial charge is 0.497 e. The van der Waals surface area contributed by atoms with Crippen LogP contribution < -0.4 is 10.1 Å². The molecule has 5 heteroatoms. The molecule has 25 heavy (non-hydrogen) atoms. The first kappa shape index (κ1) is 16.9. The fourth-order valence-corrected chi connectivity index (χ4v) is 2.71. The Labute approximate surface area is 151 Å². The highest BCUT2D eigenvalue weighted by molar-refractivity contribution is 7.71. The Morgan fingerprint density at radius 3 is 2.28 bits per heavy atom. The van der Waals surface area contributed by atoms with E-state index in [1.807, 2.05) is 48.5 Å². The normalized spacial score (nSPS) is 10.3. The standard InChI is InChI=1S/C20H18N2O2S/c1-24-17-10-6-15(7-11-17)13-14-4-8-16(9-5-14)22-19(23)18-3-2-12-21-20(18)25/h2-12H,13H2,1H3,(H,21,25)(H,22,23). The van der Waals surface area contributed by atoms with Gasteiger partial charge in [0, 0.05) is 11.9 Å². The highest BCUT2D eigenvalue weighted by Crippen LogP contribution is 2.17. The van der Waals surface area contributed by atoms with Crippen LogP contribution >= 0.6 is 12.2 Å². The molecule has 0 saturated heterocycles. The van der Waals surface area contributed by atoms with Crippen molar-refractivity contribution in [2.24, 2.45) is 0 Å². The van der Waals surface area contributed by atoms with Crippen LogP contribution in [0, 0.1) is 4.64 Å². The minimum atomic E-state index is -0.218. The van der Waals surface area contributed by atoms with Crippen LogP contribution in [-0.2, 0) is 6.42 Å². The highest BCUT2D eigenvalue weighted by Gasteiger charge is 2.07. The van der Waals surface area contributed by atoms with Gasteiger partial charge in [0.05, 0.1) is 12.7 Å². The van der Waals surface area contributed by atoms with Crippen molar-refractivity contribution in [1.82, 2.24) is 4.98 Å². The van der Waals surface area contributed by atoms with E-state index in [0.717, 1.165) is 17.9 Å². The van der Waals surface area contributed by atoms with E-state index in [1.54, 1.807) is 25.4 Å². The maximum Gasteiger partial charge on any atom is 0.258 e. The van der Waals surface area contributed by atoms with Crippen molar-refractivity contribution >= 4 is 23.8 Å². The molecule has 0 aliphatic heterocycles. The summed E-state index contributed by atoms with van der Waals surface area (Å²) in [4.78, 5) is 15.1. The quantitative estimate of drug-likeness (QED) is 0.662. The van der Waals surface area contributed by atoms with E-state index >= 15 is 0 Å². The number of aromatic amines is 1. The molecule has 0 fully saturated rings. The van der Waals surface area contributed by atoms with Gasteiger partial charge in [0.1, 0.15) is 10.4 Å². The Kier molecular flexibility index (Phi) is 5.26. The van der Waals surface area contributed by atoms with Gasteiger partial charge in [-0.05, 0) is 53.9 Å². The average Bonchev–Trinajstić information content (AvgIpc) is 2.64. The van der Waals surface area contributed by atoms with Crippen LogP contribution in [0.2, 0.25) is 0 Å². The number of hydrogen-bond donors (Lipinski definition) is 2. The lowest BCUT2D eigenvalue weighted by Crippen LogP contribution is -2.12. The summed E-state index contributed by atoms with van der Waals surface area (Å²) in [5.41, 5.74) is 3.56. The molecule has 0 spiro atoms. The summed E-state index contributed by atoms with van der Waals surface area (Å²) in [5.74, 6) is 0.630. The van der Waals surface area contributed by atoms with E-state index in [2.05, 4.69) is 10.3 Å². The summed E-state index contributed by atoms with van der Waals surface area (Å²) in [7, 11) is 1.66. The SMILES string of the molecule is COc1ccc(Cc2ccc(NC(=O)c3ccc[nH]c3=S)cc2)cc1. The molecule has 0 saturated carbocycles. The van der Waals surface area contributed by atoms with Crippen molar-refractivity contribution in [3.05, 3.63) is 88.2 Å². The third kappa shape index (κ3) is 4.33. The monoisotopic (exact) mass is 350 g/mol. The predicted octanol–water partition coefficient (Wildman–Crippen LogP) is 4.60. The first-order valence-corrected chi connectivity index (χ1v) is 8.27. The van der Waals surface area contributed by atoms with Gasteiger partial charge in [-0.25, -0.2) is 0 Å². The summed E-state index contributed by atoms with van der Waals surface area (Å²) in [6, 6.07) is 19.3. The minimum Gasteiger partial charge on any atom is -0.497 e. The summed E-state index contributed by atoms with van der Waals surface area (Å²) in [6.45, 7) is 0. The smallest absolute Gasteiger partial charge is 0.258 e. The number of rotatable bonds is 5. The molecule has 0 unspecified atom stereocenters. The lowest BCUT2D eigenvalue weighted by Gasteiger charge is -2.07. The Bertz CT molecular complexity index is 915. The van der Waals surface area contributed by atoms with Crippen molar-refractivity contribution < 1.29 is 9.53 Å². The maximum absolute atomic E-state index is 12.3. The number of benzene rings is 2. The van der Waals surface area contributed by atoms with Crippen LogP contribution in [0.5, 0.6) is 5.75 Å². The molecule has 4 nitrogen and oxygen atoms in total. The number of pyridine rings is 1. The number of ether oxygens (including phenoxy) is 1. The van der Waals surface area contributed by atoms with Crippen molar-refractivity contribution in [3.63, 3.8) is 0 Å². The van der Waals surface area contributed by atoms with Gasteiger partial charge in [0.15, 0.2) is 0 Å². The van der Waals surface area contributed by atoms with Crippen LogP contribution in [-0.4, -0.2) is 18.0 Å².